The molecule has 0 bridgehead atoms. The van der Waals surface area contributed by atoms with Crippen LogP contribution >= 0.6 is 27.5 Å². The van der Waals surface area contributed by atoms with Crippen molar-refractivity contribution in [2.75, 3.05) is 5.73 Å². The highest BCUT2D eigenvalue weighted by Gasteiger charge is 2.10. The summed E-state index contributed by atoms with van der Waals surface area (Å²) in [4.78, 5) is 4.14. The summed E-state index contributed by atoms with van der Waals surface area (Å²) in [5, 5.41) is 0.0238. The molecule has 0 saturated carbocycles. The largest absolute Gasteiger partial charge is 0.438 e. The number of hydrogen-bond donors (Lipinski definition) is 1. The molecule has 1 aromatic heterocycles. The van der Waals surface area contributed by atoms with Crippen LogP contribution in [0.25, 0.3) is 0 Å². The van der Waals surface area contributed by atoms with Gasteiger partial charge in [-0.15, -0.1) is 0 Å². The molecular weight excluding hydrogens is 323 g/mol. The SMILES string of the molecule is Cc1nc(Oc2cc(F)c(Cl)cc2Br)ccc1N. The van der Waals surface area contributed by atoms with Gasteiger partial charge in [0.25, 0.3) is 0 Å². The van der Waals surface area contributed by atoms with Crippen molar-refractivity contribution < 1.29 is 9.13 Å². The minimum Gasteiger partial charge on any atom is -0.438 e. The van der Waals surface area contributed by atoms with E-state index in [9.17, 15) is 4.39 Å². The van der Waals surface area contributed by atoms with E-state index < -0.39 is 5.82 Å². The van der Waals surface area contributed by atoms with Gasteiger partial charge in [0.15, 0.2) is 0 Å². The Morgan fingerprint density at radius 2 is 2.11 bits per heavy atom. The van der Waals surface area contributed by atoms with Crippen molar-refractivity contribution in [3.8, 4) is 11.6 Å². The van der Waals surface area contributed by atoms with E-state index in [1.165, 1.54) is 12.1 Å². The Morgan fingerprint density at radius 3 is 2.78 bits per heavy atom. The molecule has 0 atom stereocenters. The monoisotopic (exact) mass is 330 g/mol. The van der Waals surface area contributed by atoms with E-state index in [1.54, 1.807) is 19.1 Å². The fraction of sp³-hybridized carbons (Fsp3) is 0.0833. The number of aryl methyl sites for hydroxylation is 1. The molecule has 2 rings (SSSR count). The van der Waals surface area contributed by atoms with Crippen LogP contribution in [0.3, 0.4) is 0 Å². The Kier molecular flexibility index (Phi) is 3.73. The number of rotatable bonds is 2. The van der Waals surface area contributed by atoms with Crippen LogP contribution in [0.5, 0.6) is 11.6 Å². The number of nitrogens with zero attached hydrogens (tertiary/aromatic N) is 1. The average Bonchev–Trinajstić information content (AvgIpc) is 2.31. The highest BCUT2D eigenvalue weighted by Crippen LogP contribution is 2.33. The number of hydrogen-bond acceptors (Lipinski definition) is 3. The second-order valence-electron chi connectivity index (χ2n) is 3.62. The molecule has 0 fully saturated rings. The number of aromatic nitrogens is 1. The van der Waals surface area contributed by atoms with E-state index in [0.29, 0.717) is 27.5 Å². The summed E-state index contributed by atoms with van der Waals surface area (Å²) in [6.45, 7) is 1.76. The van der Waals surface area contributed by atoms with E-state index in [1.807, 2.05) is 0 Å². The first kappa shape index (κ1) is 13.1. The standard InChI is InChI=1S/C12H9BrClFN2O/c1-6-10(16)2-3-12(17-6)18-11-5-9(15)8(14)4-7(11)13/h2-5H,16H2,1H3. The molecule has 3 nitrogen and oxygen atoms in total. The average molecular weight is 332 g/mol. The van der Waals surface area contributed by atoms with Crippen LogP contribution in [0.4, 0.5) is 10.1 Å². The lowest BCUT2D eigenvalue weighted by atomic mass is 10.3. The van der Waals surface area contributed by atoms with E-state index in [-0.39, 0.29) is 5.02 Å². The lowest BCUT2D eigenvalue weighted by Crippen LogP contribution is -1.96. The maximum Gasteiger partial charge on any atom is 0.219 e. The van der Waals surface area contributed by atoms with Gasteiger partial charge in [-0.05, 0) is 35.0 Å². The van der Waals surface area contributed by atoms with Gasteiger partial charge in [-0.1, -0.05) is 11.6 Å². The maximum absolute atomic E-state index is 13.3. The summed E-state index contributed by atoms with van der Waals surface area (Å²) >= 11 is 8.89. The number of anilines is 1. The molecule has 0 radical (unpaired) electrons. The lowest BCUT2D eigenvalue weighted by molar-refractivity contribution is 0.454. The topological polar surface area (TPSA) is 48.1 Å². The summed E-state index contributed by atoms with van der Waals surface area (Å²) in [7, 11) is 0. The molecule has 0 aliphatic carbocycles. The molecule has 0 aliphatic heterocycles. The van der Waals surface area contributed by atoms with E-state index in [2.05, 4.69) is 20.9 Å². The fourth-order valence-corrected chi connectivity index (χ4v) is 2.02. The highest BCUT2D eigenvalue weighted by atomic mass is 79.9. The molecule has 1 heterocycles. The first-order valence-corrected chi connectivity index (χ1v) is 6.20. The van der Waals surface area contributed by atoms with Crippen molar-refractivity contribution in [1.29, 1.82) is 0 Å². The van der Waals surface area contributed by atoms with Gasteiger partial charge < -0.3 is 10.5 Å². The van der Waals surface area contributed by atoms with Crippen LogP contribution in [-0.2, 0) is 0 Å². The molecule has 2 N–H and O–H groups in total. The Labute approximate surface area is 117 Å². The maximum atomic E-state index is 13.3. The molecule has 94 valence electrons. The number of nitrogen functional groups attached to an aromatic ring is 1. The van der Waals surface area contributed by atoms with Crippen molar-refractivity contribution in [2.24, 2.45) is 0 Å². The van der Waals surface area contributed by atoms with Crippen LogP contribution in [0.15, 0.2) is 28.7 Å². The van der Waals surface area contributed by atoms with Gasteiger partial charge >= 0.3 is 0 Å². The summed E-state index contributed by atoms with van der Waals surface area (Å²) in [5.74, 6) is 0.0831. The summed E-state index contributed by atoms with van der Waals surface area (Å²) in [5.41, 5.74) is 6.88. The van der Waals surface area contributed by atoms with Gasteiger partial charge in [0.05, 0.1) is 20.9 Å². The van der Waals surface area contributed by atoms with Crippen LogP contribution < -0.4 is 10.5 Å². The van der Waals surface area contributed by atoms with Crippen LogP contribution in [0, 0.1) is 12.7 Å². The molecule has 0 saturated heterocycles. The first-order valence-electron chi connectivity index (χ1n) is 5.03. The molecule has 18 heavy (non-hydrogen) atoms. The molecule has 0 aliphatic rings. The van der Waals surface area contributed by atoms with Gasteiger partial charge in [-0.2, -0.15) is 0 Å². The Bertz CT molecular complexity index is 607. The molecule has 1 aromatic carbocycles. The summed E-state index contributed by atoms with van der Waals surface area (Å²) in [6, 6.07) is 5.91. The van der Waals surface area contributed by atoms with E-state index >= 15 is 0 Å². The van der Waals surface area contributed by atoms with Crippen molar-refractivity contribution in [2.45, 2.75) is 6.92 Å². The number of pyridine rings is 1. The quantitative estimate of drug-likeness (QED) is 0.834. The Hall–Kier alpha value is -1.33. The minimum atomic E-state index is -0.554. The predicted molar refractivity (Wildman–Crippen MR) is 72.6 cm³/mol. The first-order chi connectivity index (χ1) is 8.47. The zero-order valence-corrected chi connectivity index (χ0v) is 11.7. The second-order valence-corrected chi connectivity index (χ2v) is 4.88. The Morgan fingerprint density at radius 1 is 1.39 bits per heavy atom. The van der Waals surface area contributed by atoms with Crippen molar-refractivity contribution >= 4 is 33.2 Å². The van der Waals surface area contributed by atoms with Crippen LogP contribution in [-0.4, -0.2) is 4.98 Å². The smallest absolute Gasteiger partial charge is 0.219 e. The second kappa shape index (κ2) is 5.12. The minimum absolute atomic E-state index is 0.0238. The van der Waals surface area contributed by atoms with Gasteiger partial charge in [0.2, 0.25) is 5.88 Å². The van der Waals surface area contributed by atoms with Gasteiger partial charge in [0, 0.05) is 12.1 Å². The van der Waals surface area contributed by atoms with Crippen LogP contribution in [0.1, 0.15) is 5.69 Å². The van der Waals surface area contributed by atoms with E-state index in [4.69, 9.17) is 22.1 Å². The molecule has 0 unspecified atom stereocenters. The molecule has 2 aromatic rings. The number of halogens is 3. The zero-order chi connectivity index (χ0) is 13.3. The third kappa shape index (κ3) is 2.73. The number of ether oxygens (including phenoxy) is 1. The van der Waals surface area contributed by atoms with Gasteiger partial charge in [-0.25, -0.2) is 9.37 Å². The lowest BCUT2D eigenvalue weighted by Gasteiger charge is -2.09. The molecule has 0 amide bonds. The zero-order valence-electron chi connectivity index (χ0n) is 9.38. The predicted octanol–water partition coefficient (Wildman–Crippen LogP) is 4.32. The van der Waals surface area contributed by atoms with Gasteiger partial charge in [0.1, 0.15) is 11.6 Å². The third-order valence-corrected chi connectivity index (χ3v) is 3.20. The third-order valence-electron chi connectivity index (χ3n) is 2.29. The Balaban J connectivity index is 2.34. The number of benzene rings is 1. The highest BCUT2D eigenvalue weighted by molar-refractivity contribution is 9.10. The van der Waals surface area contributed by atoms with Crippen molar-refractivity contribution in [1.82, 2.24) is 4.98 Å². The van der Waals surface area contributed by atoms with Crippen molar-refractivity contribution in [3.63, 3.8) is 0 Å². The molecule has 0 spiro atoms. The summed E-state index contributed by atoms with van der Waals surface area (Å²) < 4.78 is 19.3. The molecular formula is C12H9BrClFN2O. The fourth-order valence-electron chi connectivity index (χ4n) is 1.30. The van der Waals surface area contributed by atoms with Crippen molar-refractivity contribution in [3.05, 3.63) is 45.3 Å². The number of nitrogens with two attached hydrogens (primary N) is 1. The normalized spacial score (nSPS) is 10.4. The van der Waals surface area contributed by atoms with Gasteiger partial charge in [-0.3, -0.25) is 0 Å². The molecule has 6 heteroatoms. The summed E-state index contributed by atoms with van der Waals surface area (Å²) in [6.07, 6.45) is 0. The van der Waals surface area contributed by atoms with Crippen LogP contribution in [0.2, 0.25) is 5.02 Å². The van der Waals surface area contributed by atoms with E-state index in [0.717, 1.165) is 0 Å².